The van der Waals surface area contributed by atoms with Gasteiger partial charge in [-0.2, -0.15) is 0 Å². The van der Waals surface area contributed by atoms with Crippen LogP contribution in [0, 0.1) is 0 Å². The van der Waals surface area contributed by atoms with Gasteiger partial charge < -0.3 is 20.3 Å². The third-order valence-electron chi connectivity index (χ3n) is 6.03. The Hall–Kier alpha value is -4.58. The van der Waals surface area contributed by atoms with Gasteiger partial charge in [-0.3, -0.25) is 9.59 Å². The predicted octanol–water partition coefficient (Wildman–Crippen LogP) is 6.42. The molecule has 0 aliphatic rings. The molecule has 0 aliphatic carbocycles. The molecule has 6 nitrogen and oxygen atoms in total. The number of ether oxygens (including phenoxy) is 1. The molecule has 6 heteroatoms. The number of benzene rings is 4. The zero-order valence-corrected chi connectivity index (χ0v) is 21.6. The fourth-order valence-electron chi connectivity index (χ4n) is 4.13. The number of nitrogens with one attached hydrogen (secondary N) is 2. The van der Waals surface area contributed by atoms with Crippen LogP contribution < -0.4 is 20.3 Å². The second-order valence-corrected chi connectivity index (χ2v) is 8.83. The van der Waals surface area contributed by atoms with Gasteiger partial charge in [0.2, 0.25) is 5.91 Å². The van der Waals surface area contributed by atoms with E-state index in [9.17, 15) is 9.59 Å². The van der Waals surface area contributed by atoms with Crippen molar-refractivity contribution in [1.29, 1.82) is 0 Å². The van der Waals surface area contributed by atoms with Crippen LogP contribution in [0.5, 0.6) is 5.75 Å². The van der Waals surface area contributed by atoms with Gasteiger partial charge in [0.05, 0.1) is 13.2 Å². The number of aryl methyl sites for hydroxylation is 1. The van der Waals surface area contributed by atoms with E-state index in [2.05, 4.69) is 22.8 Å². The Morgan fingerprint density at radius 2 is 1.50 bits per heavy atom. The Morgan fingerprint density at radius 3 is 2.26 bits per heavy atom. The van der Waals surface area contributed by atoms with Crippen LogP contribution in [0.1, 0.15) is 29.3 Å². The Balaban J connectivity index is 1.26. The predicted molar refractivity (Wildman–Crippen MR) is 154 cm³/mol. The van der Waals surface area contributed by atoms with Crippen LogP contribution in [0.15, 0.2) is 109 Å². The Labute approximate surface area is 224 Å². The van der Waals surface area contributed by atoms with Crippen molar-refractivity contribution in [1.82, 2.24) is 0 Å². The molecule has 4 rings (SSSR count). The fraction of sp³-hybridized carbons (Fsp3) is 0.188. The van der Waals surface area contributed by atoms with E-state index in [1.165, 1.54) is 5.56 Å². The van der Waals surface area contributed by atoms with Crippen LogP contribution in [0.2, 0.25) is 0 Å². The summed E-state index contributed by atoms with van der Waals surface area (Å²) in [5, 5.41) is 6.01. The molecule has 194 valence electrons. The highest BCUT2D eigenvalue weighted by Gasteiger charge is 2.16. The lowest BCUT2D eigenvalue weighted by atomic mass is 10.1. The summed E-state index contributed by atoms with van der Waals surface area (Å²) < 4.78 is 5.87. The molecule has 0 radical (unpaired) electrons. The molecule has 0 spiro atoms. The quantitative estimate of drug-likeness (QED) is 0.217. The van der Waals surface area contributed by atoms with Crippen molar-refractivity contribution in [2.75, 3.05) is 35.2 Å². The van der Waals surface area contributed by atoms with Crippen LogP contribution in [0.3, 0.4) is 0 Å². The van der Waals surface area contributed by atoms with E-state index in [1.807, 2.05) is 91.9 Å². The van der Waals surface area contributed by atoms with Crippen molar-refractivity contribution >= 4 is 28.9 Å². The highest BCUT2D eigenvalue weighted by atomic mass is 16.5. The van der Waals surface area contributed by atoms with Gasteiger partial charge in [0.15, 0.2) is 0 Å². The van der Waals surface area contributed by atoms with Crippen molar-refractivity contribution in [3.8, 4) is 5.75 Å². The number of para-hydroxylation sites is 1. The summed E-state index contributed by atoms with van der Waals surface area (Å²) in [7, 11) is 0. The second-order valence-electron chi connectivity index (χ2n) is 8.83. The molecule has 2 amide bonds. The highest BCUT2D eigenvalue weighted by Crippen LogP contribution is 2.20. The largest absolute Gasteiger partial charge is 0.494 e. The average molecular weight is 508 g/mol. The average Bonchev–Trinajstić information content (AvgIpc) is 2.96. The number of rotatable bonds is 12. The molecule has 0 saturated heterocycles. The summed E-state index contributed by atoms with van der Waals surface area (Å²) in [4.78, 5) is 27.4. The normalized spacial score (nSPS) is 10.4. The lowest BCUT2D eigenvalue weighted by molar-refractivity contribution is -0.114. The summed E-state index contributed by atoms with van der Waals surface area (Å²) in [6.45, 7) is 3.17. The van der Waals surface area contributed by atoms with Gasteiger partial charge in [0.25, 0.3) is 5.91 Å². The molecular weight excluding hydrogens is 474 g/mol. The zero-order chi connectivity index (χ0) is 26.6. The molecule has 38 heavy (non-hydrogen) atoms. The number of hydrogen-bond donors (Lipinski definition) is 2. The molecule has 0 unspecified atom stereocenters. The molecule has 4 aromatic rings. The third-order valence-corrected chi connectivity index (χ3v) is 6.03. The molecule has 0 fully saturated rings. The summed E-state index contributed by atoms with van der Waals surface area (Å²) >= 11 is 0. The summed E-state index contributed by atoms with van der Waals surface area (Å²) in [5.74, 6) is 0.434. The highest BCUT2D eigenvalue weighted by molar-refractivity contribution is 6.06. The van der Waals surface area contributed by atoms with E-state index < -0.39 is 0 Å². The Morgan fingerprint density at radius 1 is 0.789 bits per heavy atom. The van der Waals surface area contributed by atoms with E-state index in [4.69, 9.17) is 4.74 Å². The van der Waals surface area contributed by atoms with Crippen LogP contribution in [0.4, 0.5) is 17.1 Å². The minimum absolute atomic E-state index is 0.0655. The minimum atomic E-state index is -0.192. The molecule has 0 aliphatic heterocycles. The maximum absolute atomic E-state index is 13.1. The summed E-state index contributed by atoms with van der Waals surface area (Å²) in [5.41, 5.74) is 4.06. The first-order valence-corrected chi connectivity index (χ1v) is 12.9. The first-order valence-electron chi connectivity index (χ1n) is 12.9. The van der Waals surface area contributed by atoms with Gasteiger partial charge in [-0.15, -0.1) is 0 Å². The molecule has 4 aromatic carbocycles. The standard InChI is InChI=1S/C32H33N3O3/c1-2-35(29-18-7-4-8-19-29)32(37)26-15-9-16-27(22-26)33-24-31(36)34-28-17-10-20-30(23-28)38-21-11-14-25-12-5-3-6-13-25/h3-10,12-13,15-20,22-23,33H,2,11,14,21,24H2,1H3,(H,34,36). The van der Waals surface area contributed by atoms with Gasteiger partial charge >= 0.3 is 0 Å². The number of nitrogens with zero attached hydrogens (tertiary/aromatic N) is 1. The molecule has 0 aromatic heterocycles. The van der Waals surface area contributed by atoms with Crippen molar-refractivity contribution in [2.24, 2.45) is 0 Å². The number of hydrogen-bond acceptors (Lipinski definition) is 4. The van der Waals surface area contributed by atoms with Gasteiger partial charge in [-0.05, 0) is 67.8 Å². The summed E-state index contributed by atoms with van der Waals surface area (Å²) in [6.07, 6.45) is 1.87. The van der Waals surface area contributed by atoms with E-state index >= 15 is 0 Å². The maximum Gasteiger partial charge on any atom is 0.258 e. The van der Waals surface area contributed by atoms with Gasteiger partial charge in [0.1, 0.15) is 5.75 Å². The van der Waals surface area contributed by atoms with Gasteiger partial charge in [-0.1, -0.05) is 60.7 Å². The van der Waals surface area contributed by atoms with Crippen molar-refractivity contribution in [3.63, 3.8) is 0 Å². The number of carbonyl (C=O) groups excluding carboxylic acids is 2. The smallest absolute Gasteiger partial charge is 0.258 e. The van der Waals surface area contributed by atoms with Crippen molar-refractivity contribution in [2.45, 2.75) is 19.8 Å². The first kappa shape index (κ1) is 26.5. The second kappa shape index (κ2) is 13.7. The molecule has 0 atom stereocenters. The van der Waals surface area contributed by atoms with E-state index in [0.717, 1.165) is 18.5 Å². The molecule has 0 saturated carbocycles. The van der Waals surface area contributed by atoms with Gasteiger partial charge in [0, 0.05) is 35.2 Å². The van der Waals surface area contributed by atoms with Crippen LogP contribution >= 0.6 is 0 Å². The van der Waals surface area contributed by atoms with E-state index in [1.54, 1.807) is 17.0 Å². The zero-order valence-electron chi connectivity index (χ0n) is 21.6. The monoisotopic (exact) mass is 507 g/mol. The number of anilines is 3. The van der Waals surface area contributed by atoms with Crippen LogP contribution in [-0.2, 0) is 11.2 Å². The Kier molecular flexibility index (Phi) is 9.51. The topological polar surface area (TPSA) is 70.7 Å². The van der Waals surface area contributed by atoms with Crippen LogP contribution in [0.25, 0.3) is 0 Å². The number of carbonyl (C=O) groups is 2. The maximum atomic E-state index is 13.1. The molecule has 2 N–H and O–H groups in total. The fourth-order valence-corrected chi connectivity index (χ4v) is 4.13. The lowest BCUT2D eigenvalue weighted by Crippen LogP contribution is -2.30. The lowest BCUT2D eigenvalue weighted by Gasteiger charge is -2.21. The van der Waals surface area contributed by atoms with E-state index in [-0.39, 0.29) is 18.4 Å². The molecular formula is C32H33N3O3. The van der Waals surface area contributed by atoms with Gasteiger partial charge in [-0.25, -0.2) is 0 Å². The molecule has 0 heterocycles. The third kappa shape index (κ3) is 7.71. The SMILES string of the molecule is CCN(C(=O)c1cccc(NCC(=O)Nc2cccc(OCCCc3ccccc3)c2)c1)c1ccccc1. The minimum Gasteiger partial charge on any atom is -0.494 e. The number of amides is 2. The van der Waals surface area contributed by atoms with Crippen LogP contribution in [-0.4, -0.2) is 31.5 Å². The van der Waals surface area contributed by atoms with E-state index in [0.29, 0.717) is 35.8 Å². The molecule has 0 bridgehead atoms. The van der Waals surface area contributed by atoms with Crippen molar-refractivity contribution < 1.29 is 14.3 Å². The summed E-state index contributed by atoms with van der Waals surface area (Å²) in [6, 6.07) is 34.5. The first-order chi connectivity index (χ1) is 18.6. The van der Waals surface area contributed by atoms with Crippen molar-refractivity contribution in [3.05, 3.63) is 120 Å². The Bertz CT molecular complexity index is 1330.